The molecule has 25 heavy (non-hydrogen) atoms. The molecule has 2 rings (SSSR count). The normalized spacial score (nSPS) is 13.5. The first-order valence-electron chi connectivity index (χ1n) is 9.54. The molecule has 0 unspecified atom stereocenters. The summed E-state index contributed by atoms with van der Waals surface area (Å²) in [6.07, 6.45) is 2.32. The smallest absolute Gasteiger partial charge is 0.0291 e. The van der Waals surface area contributed by atoms with Crippen LogP contribution in [0.25, 0.3) is 0 Å². The Morgan fingerprint density at radius 3 is 1.40 bits per heavy atom. The van der Waals surface area contributed by atoms with Crippen molar-refractivity contribution in [2.75, 3.05) is 26.2 Å². The summed E-state index contributed by atoms with van der Waals surface area (Å²) < 4.78 is 0. The quantitative estimate of drug-likeness (QED) is 0.510. The van der Waals surface area contributed by atoms with Gasteiger partial charge in [0.1, 0.15) is 0 Å². The third kappa shape index (κ3) is 7.82. The third-order valence-corrected chi connectivity index (χ3v) is 4.56. The lowest BCUT2D eigenvalue weighted by Gasteiger charge is -2.15. The number of rotatable bonds is 12. The van der Waals surface area contributed by atoms with E-state index >= 15 is 0 Å². The van der Waals surface area contributed by atoms with E-state index in [1.165, 1.54) is 11.1 Å². The second-order valence-corrected chi connectivity index (χ2v) is 6.63. The van der Waals surface area contributed by atoms with Crippen molar-refractivity contribution < 1.29 is 0 Å². The van der Waals surface area contributed by atoms with E-state index in [-0.39, 0.29) is 0 Å². The summed E-state index contributed by atoms with van der Waals surface area (Å²) in [5.41, 5.74) is 2.71. The van der Waals surface area contributed by atoms with Gasteiger partial charge < -0.3 is 16.0 Å². The molecule has 0 aromatic heterocycles. The van der Waals surface area contributed by atoms with Gasteiger partial charge in [-0.25, -0.2) is 0 Å². The Bertz CT molecular complexity index is 504. The monoisotopic (exact) mass is 339 g/mol. The van der Waals surface area contributed by atoms with Gasteiger partial charge in [-0.3, -0.25) is 0 Å². The maximum atomic E-state index is 3.58. The fourth-order valence-electron chi connectivity index (χ4n) is 2.91. The zero-order valence-electron chi connectivity index (χ0n) is 15.7. The Balaban J connectivity index is 1.43. The fraction of sp³-hybridized carbons (Fsp3) is 0.455. The molecule has 0 radical (unpaired) electrons. The van der Waals surface area contributed by atoms with E-state index in [2.05, 4.69) is 90.5 Å². The molecule has 3 heteroatoms. The third-order valence-electron chi connectivity index (χ3n) is 4.56. The lowest BCUT2D eigenvalue weighted by Crippen LogP contribution is -2.27. The highest BCUT2D eigenvalue weighted by Gasteiger charge is 2.03. The second-order valence-electron chi connectivity index (χ2n) is 6.63. The molecule has 136 valence electrons. The fourth-order valence-corrected chi connectivity index (χ4v) is 2.91. The van der Waals surface area contributed by atoms with E-state index in [4.69, 9.17) is 0 Å². The van der Waals surface area contributed by atoms with Crippen molar-refractivity contribution in [3.63, 3.8) is 0 Å². The highest BCUT2D eigenvalue weighted by atomic mass is 14.9. The molecule has 2 aromatic rings. The van der Waals surface area contributed by atoms with E-state index in [0.29, 0.717) is 12.1 Å². The predicted molar refractivity (Wildman–Crippen MR) is 108 cm³/mol. The lowest BCUT2D eigenvalue weighted by molar-refractivity contribution is 0.516. The Hall–Kier alpha value is -1.68. The first kappa shape index (κ1) is 19.6. The van der Waals surface area contributed by atoms with Crippen LogP contribution < -0.4 is 16.0 Å². The van der Waals surface area contributed by atoms with Gasteiger partial charge in [0, 0.05) is 12.1 Å². The number of benzene rings is 2. The van der Waals surface area contributed by atoms with Gasteiger partial charge in [0.05, 0.1) is 0 Å². The molecule has 0 heterocycles. The largest absolute Gasteiger partial charge is 0.317 e. The Kier molecular flexibility index (Phi) is 9.27. The molecule has 0 aliphatic heterocycles. The van der Waals surface area contributed by atoms with Gasteiger partial charge in [-0.15, -0.1) is 0 Å². The minimum atomic E-state index is 0.421. The summed E-state index contributed by atoms with van der Waals surface area (Å²) in [7, 11) is 0. The molecule has 0 saturated heterocycles. The van der Waals surface area contributed by atoms with Crippen LogP contribution in [0.15, 0.2) is 60.7 Å². The minimum absolute atomic E-state index is 0.421. The predicted octanol–water partition coefficient (Wildman–Crippen LogP) is 4.06. The van der Waals surface area contributed by atoms with Crippen LogP contribution in [0.2, 0.25) is 0 Å². The number of nitrogens with one attached hydrogen (secondary N) is 3. The van der Waals surface area contributed by atoms with Gasteiger partial charge >= 0.3 is 0 Å². The molecule has 2 atom stereocenters. The van der Waals surface area contributed by atoms with Gasteiger partial charge in [0.15, 0.2) is 0 Å². The van der Waals surface area contributed by atoms with Crippen LogP contribution in [0.5, 0.6) is 0 Å². The average Bonchev–Trinajstić information content (AvgIpc) is 2.67. The molecular formula is C22H33N3. The van der Waals surface area contributed by atoms with Gasteiger partial charge in [0.2, 0.25) is 0 Å². The van der Waals surface area contributed by atoms with E-state index in [1.807, 2.05) is 0 Å². The van der Waals surface area contributed by atoms with Crippen LogP contribution in [-0.4, -0.2) is 26.2 Å². The summed E-state index contributed by atoms with van der Waals surface area (Å²) in [5.74, 6) is 0. The van der Waals surface area contributed by atoms with Crippen molar-refractivity contribution in [3.05, 3.63) is 71.8 Å². The molecule has 0 saturated carbocycles. The second kappa shape index (κ2) is 11.8. The van der Waals surface area contributed by atoms with Crippen LogP contribution in [0, 0.1) is 0 Å². The Morgan fingerprint density at radius 1 is 0.600 bits per heavy atom. The molecule has 0 aliphatic carbocycles. The summed E-state index contributed by atoms with van der Waals surface area (Å²) in [6.45, 7) is 8.69. The van der Waals surface area contributed by atoms with Gasteiger partial charge in [-0.2, -0.15) is 0 Å². The van der Waals surface area contributed by atoms with Crippen molar-refractivity contribution in [1.82, 2.24) is 16.0 Å². The molecule has 0 aliphatic rings. The van der Waals surface area contributed by atoms with Crippen LogP contribution in [0.3, 0.4) is 0 Å². The molecule has 3 nitrogen and oxygen atoms in total. The molecule has 3 N–H and O–H groups in total. The maximum absolute atomic E-state index is 3.58. The van der Waals surface area contributed by atoms with Crippen LogP contribution in [0.1, 0.15) is 49.9 Å². The number of hydrogen-bond donors (Lipinski definition) is 3. The molecule has 0 bridgehead atoms. The van der Waals surface area contributed by atoms with Gasteiger partial charge in [0.25, 0.3) is 0 Å². The molecule has 2 aromatic carbocycles. The van der Waals surface area contributed by atoms with E-state index in [0.717, 1.165) is 39.0 Å². The highest BCUT2D eigenvalue weighted by Crippen LogP contribution is 2.11. The summed E-state index contributed by atoms with van der Waals surface area (Å²) >= 11 is 0. The van der Waals surface area contributed by atoms with Crippen LogP contribution in [-0.2, 0) is 0 Å². The standard InChI is InChI=1S/C22H33N3/c1-19(21-11-5-3-6-12-21)24-17-9-15-23-16-10-18-25-20(2)22-13-7-4-8-14-22/h3-8,11-14,19-20,23-25H,9-10,15-18H2,1-2H3/t19-,20-/m0/s1. The van der Waals surface area contributed by atoms with Crippen LogP contribution in [0.4, 0.5) is 0 Å². The van der Waals surface area contributed by atoms with Gasteiger partial charge in [-0.1, -0.05) is 60.7 Å². The lowest BCUT2D eigenvalue weighted by atomic mass is 10.1. The van der Waals surface area contributed by atoms with Crippen LogP contribution >= 0.6 is 0 Å². The van der Waals surface area contributed by atoms with E-state index < -0.39 is 0 Å². The number of hydrogen-bond acceptors (Lipinski definition) is 3. The van der Waals surface area contributed by atoms with Gasteiger partial charge in [-0.05, 0) is 64.0 Å². The van der Waals surface area contributed by atoms with Crippen molar-refractivity contribution in [2.45, 2.75) is 38.8 Å². The van der Waals surface area contributed by atoms with Crippen molar-refractivity contribution in [1.29, 1.82) is 0 Å². The topological polar surface area (TPSA) is 36.1 Å². The average molecular weight is 340 g/mol. The highest BCUT2D eigenvalue weighted by molar-refractivity contribution is 5.18. The minimum Gasteiger partial charge on any atom is -0.317 e. The molecular weight excluding hydrogens is 306 g/mol. The summed E-state index contributed by atoms with van der Waals surface area (Å²) in [5, 5.41) is 10.7. The first-order chi connectivity index (χ1) is 12.3. The molecule has 0 amide bonds. The zero-order valence-corrected chi connectivity index (χ0v) is 15.7. The molecule has 0 fully saturated rings. The van der Waals surface area contributed by atoms with Crippen molar-refractivity contribution >= 4 is 0 Å². The zero-order chi connectivity index (χ0) is 17.7. The SMILES string of the molecule is C[C@H](NCCCNCCCN[C@@H](C)c1ccccc1)c1ccccc1. The Labute approximate surface area is 153 Å². The first-order valence-corrected chi connectivity index (χ1v) is 9.54. The van der Waals surface area contributed by atoms with E-state index in [9.17, 15) is 0 Å². The summed E-state index contributed by atoms with van der Waals surface area (Å²) in [4.78, 5) is 0. The summed E-state index contributed by atoms with van der Waals surface area (Å²) in [6, 6.07) is 22.1. The maximum Gasteiger partial charge on any atom is 0.0291 e. The molecule has 0 spiro atoms. The van der Waals surface area contributed by atoms with Crippen molar-refractivity contribution in [2.24, 2.45) is 0 Å². The van der Waals surface area contributed by atoms with Crippen molar-refractivity contribution in [3.8, 4) is 0 Å². The Morgan fingerprint density at radius 2 is 1.00 bits per heavy atom. The van der Waals surface area contributed by atoms with E-state index in [1.54, 1.807) is 0 Å².